The van der Waals surface area contributed by atoms with Gasteiger partial charge in [0.25, 0.3) is 0 Å². The number of halogens is 1. The van der Waals surface area contributed by atoms with Crippen LogP contribution in [0.5, 0.6) is 0 Å². The van der Waals surface area contributed by atoms with Crippen LogP contribution in [-0.2, 0) is 0 Å². The van der Waals surface area contributed by atoms with Gasteiger partial charge in [0, 0.05) is 19.1 Å². The van der Waals surface area contributed by atoms with E-state index >= 15 is 0 Å². The Morgan fingerprint density at radius 3 is 2.76 bits per heavy atom. The first-order valence-corrected chi connectivity index (χ1v) is 6.00. The topological polar surface area (TPSA) is 35.5 Å². The fraction of sp³-hybridized carbons (Fsp3) is 0.538. The molecule has 2 rings (SSSR count). The van der Waals surface area contributed by atoms with E-state index < -0.39 is 6.10 Å². The van der Waals surface area contributed by atoms with E-state index in [9.17, 15) is 9.50 Å². The van der Waals surface area contributed by atoms with Crippen molar-refractivity contribution in [2.45, 2.75) is 18.6 Å². The lowest BCUT2D eigenvalue weighted by atomic mass is 10.1. The summed E-state index contributed by atoms with van der Waals surface area (Å²) in [7, 11) is 2.10. The summed E-state index contributed by atoms with van der Waals surface area (Å²) in [6.45, 7) is 2.64. The van der Waals surface area contributed by atoms with E-state index in [-0.39, 0.29) is 5.82 Å². The number of benzene rings is 1. The number of likely N-dealkylation sites (tertiary alicyclic amines) is 1. The molecule has 0 saturated carbocycles. The molecule has 17 heavy (non-hydrogen) atoms. The molecule has 0 aromatic heterocycles. The summed E-state index contributed by atoms with van der Waals surface area (Å²) in [5, 5.41) is 13.3. The molecule has 3 nitrogen and oxygen atoms in total. The van der Waals surface area contributed by atoms with Gasteiger partial charge in [-0.05, 0) is 37.7 Å². The second-order valence-corrected chi connectivity index (χ2v) is 4.72. The van der Waals surface area contributed by atoms with Crippen LogP contribution >= 0.6 is 0 Å². The van der Waals surface area contributed by atoms with Crippen molar-refractivity contribution in [2.75, 3.05) is 26.7 Å². The summed E-state index contributed by atoms with van der Waals surface area (Å²) in [6, 6.07) is 6.46. The first-order valence-electron chi connectivity index (χ1n) is 6.00. The largest absolute Gasteiger partial charge is 0.387 e. The molecule has 1 fully saturated rings. The first-order chi connectivity index (χ1) is 8.15. The number of nitrogens with one attached hydrogen (secondary N) is 1. The highest BCUT2D eigenvalue weighted by molar-refractivity contribution is 5.18. The molecule has 0 radical (unpaired) electrons. The Hall–Kier alpha value is -0.970. The minimum Gasteiger partial charge on any atom is -0.387 e. The average molecular weight is 238 g/mol. The number of aliphatic hydroxyl groups is 1. The summed E-state index contributed by atoms with van der Waals surface area (Å²) in [5.74, 6) is -0.272. The lowest BCUT2D eigenvalue weighted by Gasteiger charge is -2.16. The SMILES string of the molecule is CN1CCC(NCC(O)c2ccc(F)cc2)C1. The Kier molecular flexibility index (Phi) is 4.10. The Morgan fingerprint density at radius 2 is 2.18 bits per heavy atom. The summed E-state index contributed by atoms with van der Waals surface area (Å²) in [6.07, 6.45) is 0.550. The van der Waals surface area contributed by atoms with Gasteiger partial charge in [-0.2, -0.15) is 0 Å². The van der Waals surface area contributed by atoms with Crippen molar-refractivity contribution in [1.82, 2.24) is 10.2 Å². The van der Waals surface area contributed by atoms with Gasteiger partial charge in [0.15, 0.2) is 0 Å². The third-order valence-corrected chi connectivity index (χ3v) is 3.25. The summed E-state index contributed by atoms with van der Waals surface area (Å²) in [4.78, 5) is 2.27. The number of rotatable bonds is 4. The molecule has 4 heteroatoms. The zero-order valence-corrected chi connectivity index (χ0v) is 10.1. The van der Waals surface area contributed by atoms with Crippen LogP contribution in [0.15, 0.2) is 24.3 Å². The van der Waals surface area contributed by atoms with E-state index in [0.29, 0.717) is 12.6 Å². The van der Waals surface area contributed by atoms with Crippen LogP contribution in [0, 0.1) is 5.82 Å². The molecule has 0 amide bonds. The minimum atomic E-state index is -0.568. The fourth-order valence-corrected chi connectivity index (χ4v) is 2.18. The zero-order valence-electron chi connectivity index (χ0n) is 10.1. The third kappa shape index (κ3) is 3.49. The van der Waals surface area contributed by atoms with Gasteiger partial charge in [0.2, 0.25) is 0 Å². The predicted molar refractivity (Wildman–Crippen MR) is 65.3 cm³/mol. The maximum atomic E-state index is 12.7. The van der Waals surface area contributed by atoms with Crippen molar-refractivity contribution < 1.29 is 9.50 Å². The molecular formula is C13H19FN2O. The third-order valence-electron chi connectivity index (χ3n) is 3.25. The molecule has 2 N–H and O–H groups in total. The van der Waals surface area contributed by atoms with Crippen molar-refractivity contribution in [3.63, 3.8) is 0 Å². The molecule has 1 aromatic rings. The molecule has 0 bridgehead atoms. The van der Waals surface area contributed by atoms with E-state index in [0.717, 1.165) is 25.1 Å². The van der Waals surface area contributed by atoms with Crippen molar-refractivity contribution in [3.8, 4) is 0 Å². The summed E-state index contributed by atoms with van der Waals surface area (Å²) >= 11 is 0. The Bertz CT molecular complexity index is 355. The van der Waals surface area contributed by atoms with E-state index in [1.807, 2.05) is 0 Å². The highest BCUT2D eigenvalue weighted by Gasteiger charge is 2.19. The van der Waals surface area contributed by atoms with Crippen molar-refractivity contribution in [2.24, 2.45) is 0 Å². The molecule has 0 aliphatic carbocycles. The molecule has 2 atom stereocenters. The van der Waals surface area contributed by atoms with Gasteiger partial charge in [-0.1, -0.05) is 12.1 Å². The van der Waals surface area contributed by atoms with Gasteiger partial charge >= 0.3 is 0 Å². The maximum absolute atomic E-state index is 12.7. The van der Waals surface area contributed by atoms with Crippen LogP contribution in [0.25, 0.3) is 0 Å². The van der Waals surface area contributed by atoms with Gasteiger partial charge in [-0.3, -0.25) is 0 Å². The van der Waals surface area contributed by atoms with Crippen LogP contribution in [0.3, 0.4) is 0 Å². The molecular weight excluding hydrogens is 219 g/mol. The van der Waals surface area contributed by atoms with Crippen LogP contribution in [-0.4, -0.2) is 42.7 Å². The standard InChI is InChI=1S/C13H19FN2O/c1-16-7-6-12(9-16)15-8-13(17)10-2-4-11(14)5-3-10/h2-5,12-13,15,17H,6-9H2,1H3. The monoisotopic (exact) mass is 238 g/mol. The number of likely N-dealkylation sites (N-methyl/N-ethyl adjacent to an activating group) is 1. The second kappa shape index (κ2) is 5.58. The van der Waals surface area contributed by atoms with Crippen LogP contribution < -0.4 is 5.32 Å². The van der Waals surface area contributed by atoms with Crippen molar-refractivity contribution >= 4 is 0 Å². The quantitative estimate of drug-likeness (QED) is 0.826. The van der Waals surface area contributed by atoms with Crippen LogP contribution in [0.2, 0.25) is 0 Å². The molecule has 2 unspecified atom stereocenters. The lowest BCUT2D eigenvalue weighted by molar-refractivity contribution is 0.170. The van der Waals surface area contributed by atoms with Crippen LogP contribution in [0.4, 0.5) is 4.39 Å². The van der Waals surface area contributed by atoms with E-state index in [4.69, 9.17) is 0 Å². The number of hydrogen-bond acceptors (Lipinski definition) is 3. The summed E-state index contributed by atoms with van der Waals surface area (Å²) in [5.41, 5.74) is 0.755. The Morgan fingerprint density at radius 1 is 1.47 bits per heavy atom. The maximum Gasteiger partial charge on any atom is 0.123 e. The smallest absolute Gasteiger partial charge is 0.123 e. The zero-order chi connectivity index (χ0) is 12.3. The highest BCUT2D eigenvalue weighted by Crippen LogP contribution is 2.13. The Balaban J connectivity index is 1.81. The van der Waals surface area contributed by atoms with Gasteiger partial charge in [0.1, 0.15) is 5.82 Å². The Labute approximate surface area is 101 Å². The van der Waals surface area contributed by atoms with Gasteiger partial charge in [-0.15, -0.1) is 0 Å². The van der Waals surface area contributed by atoms with E-state index in [1.54, 1.807) is 12.1 Å². The lowest BCUT2D eigenvalue weighted by Crippen LogP contribution is -2.34. The molecule has 1 aliphatic heterocycles. The van der Waals surface area contributed by atoms with E-state index in [1.165, 1.54) is 12.1 Å². The molecule has 1 aromatic carbocycles. The molecule has 94 valence electrons. The number of nitrogens with zero attached hydrogens (tertiary/aromatic N) is 1. The second-order valence-electron chi connectivity index (χ2n) is 4.72. The van der Waals surface area contributed by atoms with Gasteiger partial charge < -0.3 is 15.3 Å². The van der Waals surface area contributed by atoms with Gasteiger partial charge in [0.05, 0.1) is 6.10 Å². The predicted octanol–water partition coefficient (Wildman–Crippen LogP) is 1.15. The molecule has 1 heterocycles. The number of aliphatic hydroxyl groups excluding tert-OH is 1. The van der Waals surface area contributed by atoms with Gasteiger partial charge in [-0.25, -0.2) is 4.39 Å². The highest BCUT2D eigenvalue weighted by atomic mass is 19.1. The van der Waals surface area contributed by atoms with Crippen molar-refractivity contribution in [1.29, 1.82) is 0 Å². The summed E-state index contributed by atoms with van der Waals surface area (Å²) < 4.78 is 12.7. The number of hydrogen-bond donors (Lipinski definition) is 2. The molecule has 1 saturated heterocycles. The van der Waals surface area contributed by atoms with Crippen molar-refractivity contribution in [3.05, 3.63) is 35.6 Å². The molecule has 1 aliphatic rings. The normalized spacial score (nSPS) is 22.9. The van der Waals surface area contributed by atoms with E-state index in [2.05, 4.69) is 17.3 Å². The fourth-order valence-electron chi connectivity index (χ4n) is 2.18. The van der Waals surface area contributed by atoms with Crippen LogP contribution in [0.1, 0.15) is 18.1 Å². The molecule has 0 spiro atoms. The first kappa shape index (κ1) is 12.5. The average Bonchev–Trinajstić information content (AvgIpc) is 2.73. The minimum absolute atomic E-state index is 0.272.